The molecule has 1 N–H and O–H groups in total. The van der Waals surface area contributed by atoms with Gasteiger partial charge in [0.25, 0.3) is 0 Å². The summed E-state index contributed by atoms with van der Waals surface area (Å²) >= 11 is 0. The monoisotopic (exact) mass is 394 g/mol. The zero-order valence-corrected chi connectivity index (χ0v) is 16.8. The Labute approximate surface area is 161 Å². The number of sulfonamides is 1. The maximum absolute atomic E-state index is 13.7. The standard InChI is InChI=1S/C20H27FN2O3S/c1-4-26-18-11-9-17(10-12-18)20(23(2)3)15-22-27(24,25)14-13-16-7-5-6-8-19(16)21/h5-12,20,22H,4,13-15H2,1-3H3. The molecule has 0 saturated carbocycles. The number of nitrogens with one attached hydrogen (secondary N) is 1. The van der Waals surface area contributed by atoms with Crippen molar-refractivity contribution in [1.82, 2.24) is 9.62 Å². The quantitative estimate of drug-likeness (QED) is 0.673. The summed E-state index contributed by atoms with van der Waals surface area (Å²) in [4.78, 5) is 1.95. The molecule has 148 valence electrons. The SMILES string of the molecule is CCOc1ccc(C(CNS(=O)(=O)CCc2ccccc2F)N(C)C)cc1. The normalized spacial score (nSPS) is 12.9. The van der Waals surface area contributed by atoms with E-state index in [9.17, 15) is 12.8 Å². The predicted molar refractivity (Wildman–Crippen MR) is 106 cm³/mol. The van der Waals surface area contributed by atoms with Gasteiger partial charge in [0.05, 0.1) is 12.4 Å². The summed E-state index contributed by atoms with van der Waals surface area (Å²) in [7, 11) is 0.277. The summed E-state index contributed by atoms with van der Waals surface area (Å²) in [5, 5.41) is 0. The van der Waals surface area contributed by atoms with Crippen molar-refractivity contribution in [2.75, 3.05) is 33.0 Å². The Kier molecular flexibility index (Phi) is 7.77. The van der Waals surface area contributed by atoms with Crippen molar-refractivity contribution in [2.45, 2.75) is 19.4 Å². The number of hydrogen-bond donors (Lipinski definition) is 1. The highest BCUT2D eigenvalue weighted by Crippen LogP contribution is 2.21. The molecule has 5 nitrogen and oxygen atoms in total. The van der Waals surface area contributed by atoms with Crippen LogP contribution < -0.4 is 9.46 Å². The van der Waals surface area contributed by atoms with E-state index in [1.807, 2.05) is 50.2 Å². The van der Waals surface area contributed by atoms with E-state index < -0.39 is 10.0 Å². The third kappa shape index (κ3) is 6.61. The van der Waals surface area contributed by atoms with Crippen LogP contribution in [0.4, 0.5) is 4.39 Å². The molecule has 1 unspecified atom stereocenters. The van der Waals surface area contributed by atoms with Gasteiger partial charge in [-0.25, -0.2) is 17.5 Å². The smallest absolute Gasteiger partial charge is 0.211 e. The van der Waals surface area contributed by atoms with Crippen molar-refractivity contribution in [3.8, 4) is 5.75 Å². The van der Waals surface area contributed by atoms with E-state index >= 15 is 0 Å². The van der Waals surface area contributed by atoms with Crippen LogP contribution in [0.1, 0.15) is 24.1 Å². The lowest BCUT2D eigenvalue weighted by molar-refractivity contribution is 0.298. The van der Waals surface area contributed by atoms with Crippen LogP contribution in [0.5, 0.6) is 5.75 Å². The summed E-state index contributed by atoms with van der Waals surface area (Å²) in [5.41, 5.74) is 1.39. The van der Waals surface area contributed by atoms with E-state index in [1.54, 1.807) is 18.2 Å². The van der Waals surface area contributed by atoms with Gasteiger partial charge in [0, 0.05) is 12.6 Å². The number of ether oxygens (including phenoxy) is 1. The first-order chi connectivity index (χ1) is 12.8. The van der Waals surface area contributed by atoms with Gasteiger partial charge in [-0.1, -0.05) is 30.3 Å². The van der Waals surface area contributed by atoms with Gasteiger partial charge < -0.3 is 9.64 Å². The molecule has 0 aromatic heterocycles. The molecular weight excluding hydrogens is 367 g/mol. The fourth-order valence-corrected chi connectivity index (χ4v) is 3.82. The Morgan fingerprint density at radius 1 is 1.11 bits per heavy atom. The Morgan fingerprint density at radius 2 is 1.78 bits per heavy atom. The second kappa shape index (κ2) is 9.82. The lowest BCUT2D eigenvalue weighted by Gasteiger charge is -2.25. The Balaban J connectivity index is 1.98. The minimum absolute atomic E-state index is 0.121. The number of likely N-dealkylation sites (N-methyl/N-ethyl adjacent to an activating group) is 1. The Bertz CT molecular complexity index is 823. The highest BCUT2D eigenvalue weighted by Gasteiger charge is 2.19. The zero-order valence-electron chi connectivity index (χ0n) is 16.0. The topological polar surface area (TPSA) is 58.6 Å². The Morgan fingerprint density at radius 3 is 2.37 bits per heavy atom. The molecule has 1 atom stereocenters. The van der Waals surface area contributed by atoms with Crippen molar-refractivity contribution in [2.24, 2.45) is 0 Å². The third-order valence-electron chi connectivity index (χ3n) is 4.29. The van der Waals surface area contributed by atoms with Gasteiger partial charge in [-0.15, -0.1) is 0 Å². The summed E-state index contributed by atoms with van der Waals surface area (Å²) in [6, 6.07) is 13.7. The molecule has 2 aromatic carbocycles. The van der Waals surface area contributed by atoms with Crippen LogP contribution in [0.25, 0.3) is 0 Å². The van der Waals surface area contributed by atoms with Gasteiger partial charge in [-0.2, -0.15) is 0 Å². The largest absolute Gasteiger partial charge is 0.494 e. The molecule has 2 aromatic rings. The maximum Gasteiger partial charge on any atom is 0.211 e. The molecule has 0 aliphatic carbocycles. The minimum Gasteiger partial charge on any atom is -0.494 e. The maximum atomic E-state index is 13.7. The van der Waals surface area contributed by atoms with E-state index in [0.29, 0.717) is 12.2 Å². The van der Waals surface area contributed by atoms with E-state index in [-0.39, 0.29) is 30.6 Å². The molecule has 0 aliphatic rings. The first-order valence-corrected chi connectivity index (χ1v) is 10.6. The summed E-state index contributed by atoms with van der Waals surface area (Å²) in [6.07, 6.45) is 0.137. The zero-order chi connectivity index (χ0) is 19.9. The number of hydrogen-bond acceptors (Lipinski definition) is 4. The lowest BCUT2D eigenvalue weighted by Crippen LogP contribution is -2.36. The average molecular weight is 395 g/mol. The van der Waals surface area contributed by atoms with E-state index in [4.69, 9.17) is 4.74 Å². The molecule has 0 bridgehead atoms. The molecular formula is C20H27FN2O3S. The fraction of sp³-hybridized carbons (Fsp3) is 0.400. The molecule has 2 rings (SSSR count). The molecule has 0 amide bonds. The van der Waals surface area contributed by atoms with Crippen LogP contribution in [0, 0.1) is 5.82 Å². The van der Waals surface area contributed by atoms with Crippen LogP contribution in [0.2, 0.25) is 0 Å². The van der Waals surface area contributed by atoms with Gasteiger partial charge in [-0.05, 0) is 56.8 Å². The van der Waals surface area contributed by atoms with Gasteiger partial charge in [0.1, 0.15) is 11.6 Å². The van der Waals surface area contributed by atoms with E-state index in [1.165, 1.54) is 6.07 Å². The van der Waals surface area contributed by atoms with Crippen LogP contribution in [0.3, 0.4) is 0 Å². The number of halogens is 1. The number of rotatable bonds is 10. The van der Waals surface area contributed by atoms with Crippen LogP contribution in [0.15, 0.2) is 48.5 Å². The minimum atomic E-state index is -3.52. The predicted octanol–water partition coefficient (Wildman–Crippen LogP) is 2.99. The number of aryl methyl sites for hydroxylation is 1. The van der Waals surface area contributed by atoms with Gasteiger partial charge in [0.15, 0.2) is 0 Å². The molecule has 7 heteroatoms. The molecule has 27 heavy (non-hydrogen) atoms. The van der Waals surface area contributed by atoms with Gasteiger partial charge in [0.2, 0.25) is 10.0 Å². The summed E-state index contributed by atoms with van der Waals surface area (Å²) in [6.45, 7) is 2.76. The highest BCUT2D eigenvalue weighted by atomic mass is 32.2. The van der Waals surface area contributed by atoms with E-state index in [2.05, 4.69) is 4.72 Å². The molecule has 0 aliphatic heterocycles. The fourth-order valence-electron chi connectivity index (χ4n) is 2.77. The van der Waals surface area contributed by atoms with Gasteiger partial charge in [-0.3, -0.25) is 0 Å². The summed E-state index contributed by atoms with van der Waals surface area (Å²) in [5.74, 6) is 0.245. The van der Waals surface area contributed by atoms with Gasteiger partial charge >= 0.3 is 0 Å². The molecule has 0 heterocycles. The first kappa shape index (κ1) is 21.3. The molecule has 0 spiro atoms. The third-order valence-corrected chi connectivity index (χ3v) is 5.64. The van der Waals surface area contributed by atoms with Crippen molar-refractivity contribution in [3.63, 3.8) is 0 Å². The average Bonchev–Trinajstić information content (AvgIpc) is 2.62. The highest BCUT2D eigenvalue weighted by molar-refractivity contribution is 7.89. The second-order valence-electron chi connectivity index (χ2n) is 6.49. The van der Waals surface area contributed by atoms with Crippen molar-refractivity contribution in [1.29, 1.82) is 0 Å². The number of nitrogens with zero attached hydrogens (tertiary/aromatic N) is 1. The first-order valence-electron chi connectivity index (χ1n) is 8.92. The van der Waals surface area contributed by atoms with Crippen LogP contribution in [-0.4, -0.2) is 46.3 Å². The molecule has 0 saturated heterocycles. The van der Waals surface area contributed by atoms with Crippen molar-refractivity contribution < 1.29 is 17.5 Å². The van der Waals surface area contributed by atoms with Crippen molar-refractivity contribution in [3.05, 3.63) is 65.5 Å². The van der Waals surface area contributed by atoms with Crippen LogP contribution in [-0.2, 0) is 16.4 Å². The number of benzene rings is 2. The lowest BCUT2D eigenvalue weighted by atomic mass is 10.1. The second-order valence-corrected chi connectivity index (χ2v) is 8.42. The summed E-state index contributed by atoms with van der Waals surface area (Å²) < 4.78 is 46.4. The molecule has 0 radical (unpaired) electrons. The van der Waals surface area contributed by atoms with Crippen LogP contribution >= 0.6 is 0 Å². The Hall–Kier alpha value is -1.96. The molecule has 0 fully saturated rings. The van der Waals surface area contributed by atoms with Crippen molar-refractivity contribution >= 4 is 10.0 Å². The van der Waals surface area contributed by atoms with E-state index in [0.717, 1.165) is 11.3 Å².